The number of hydrogen-bond acceptors (Lipinski definition) is 29. The fourth-order valence-electron chi connectivity index (χ4n) is 15.2. The van der Waals surface area contributed by atoms with Crippen molar-refractivity contribution in [1.29, 1.82) is 0 Å². The van der Waals surface area contributed by atoms with Crippen molar-refractivity contribution < 1.29 is 152 Å². The molecule has 0 aromatic heterocycles. The van der Waals surface area contributed by atoms with E-state index in [9.17, 15) is 91.7 Å². The van der Waals surface area contributed by atoms with Gasteiger partial charge in [0.25, 0.3) is 0 Å². The molecular weight excluding hydrogens is 1930 g/mol. The molecule has 40 heteroatoms. The lowest BCUT2D eigenvalue weighted by molar-refractivity contribution is -0.142. The minimum atomic E-state index is -1.20. The Morgan fingerprint density at radius 2 is 0.644 bits per heavy atom. The average molecular weight is 2120 g/mol. The summed E-state index contributed by atoms with van der Waals surface area (Å²) in [5.41, 5.74) is 12.2. The van der Waals surface area contributed by atoms with Gasteiger partial charge in [-0.25, -0.2) is 19.2 Å². The third-order valence-corrected chi connectivity index (χ3v) is 24.2. The first kappa shape index (κ1) is 137. The van der Waals surface area contributed by atoms with Crippen LogP contribution in [0.15, 0.2) is 48.5 Å². The molecule has 0 saturated heterocycles. The fraction of sp³-hybridized carbons (Fsp3) is 0.734. The highest BCUT2D eigenvalue weighted by atomic mass is 16.5. The van der Waals surface area contributed by atoms with Gasteiger partial charge in [-0.15, -0.1) is 0 Å². The topological polar surface area (TPSA) is 600 Å². The fourth-order valence-corrected chi connectivity index (χ4v) is 15.2. The van der Waals surface area contributed by atoms with E-state index < -0.39 is 48.0 Å². The van der Waals surface area contributed by atoms with Crippen molar-refractivity contribution >= 4 is 99.9 Å². The SMILES string of the molecule is CC(=O)C[C@@H](CCCCNC(=O)[C@@H](N)CCCCCC(=O)COCCOCCNC(=O)COCCOCCCC(=O)CC[C@H](NC(=O)CCCCCCCCCCCOc1ccc(C(=O)O)cc1)C(=O)O)C(C)=O.C[C@H](CCCCNC(=O)[C@@H](N)CCCCCC(=O)COCCOCCNC(=O)COCCOCCNC(=O)CC[C@H](NC(=O)CCCCCCCCCCCOc1ccc(C(=O)O)cc1)C(=O)O)CC(=O)C(C)(C)C.[HH].[HH]. The first-order valence-corrected chi connectivity index (χ1v) is 54.0. The summed E-state index contributed by atoms with van der Waals surface area (Å²) in [7, 11) is 0. The van der Waals surface area contributed by atoms with E-state index in [0.717, 1.165) is 148 Å². The Morgan fingerprint density at radius 3 is 1.03 bits per heavy atom. The molecule has 15 N–H and O–H groups in total. The predicted molar refractivity (Wildman–Crippen MR) is 565 cm³/mol. The van der Waals surface area contributed by atoms with Crippen LogP contribution in [0.3, 0.4) is 0 Å². The van der Waals surface area contributed by atoms with Crippen LogP contribution < -0.4 is 58.2 Å². The lowest BCUT2D eigenvalue weighted by Gasteiger charge is -2.19. The number of ether oxygens (including phenoxy) is 10. The van der Waals surface area contributed by atoms with E-state index in [0.29, 0.717) is 134 Å². The molecule has 2 rings (SSSR count). The van der Waals surface area contributed by atoms with Gasteiger partial charge in [-0.1, -0.05) is 163 Å². The number of nitrogens with two attached hydrogens (primary N) is 2. The molecule has 2 aromatic rings. The van der Waals surface area contributed by atoms with Crippen molar-refractivity contribution in [2.75, 3.05) is 152 Å². The van der Waals surface area contributed by atoms with Gasteiger partial charge >= 0.3 is 23.9 Å². The highest BCUT2D eigenvalue weighted by Crippen LogP contribution is 2.24. The summed E-state index contributed by atoms with van der Waals surface area (Å²) in [6.45, 7) is 16.2. The maximum Gasteiger partial charge on any atom is 0.335 e. The minimum absolute atomic E-state index is 0. The van der Waals surface area contributed by atoms with E-state index in [2.05, 4.69) is 44.1 Å². The Morgan fingerprint density at radius 1 is 0.309 bits per heavy atom. The molecule has 0 saturated carbocycles. The van der Waals surface area contributed by atoms with Gasteiger partial charge in [-0.3, -0.25) is 57.5 Å². The van der Waals surface area contributed by atoms with Crippen LogP contribution in [-0.4, -0.2) is 296 Å². The van der Waals surface area contributed by atoms with Crippen molar-refractivity contribution in [3.8, 4) is 11.5 Å². The summed E-state index contributed by atoms with van der Waals surface area (Å²) in [5.74, 6) is -4.91. The lowest BCUT2D eigenvalue weighted by atomic mass is 9.84. The van der Waals surface area contributed by atoms with Gasteiger partial charge in [0.05, 0.1) is 109 Å². The van der Waals surface area contributed by atoms with Crippen LogP contribution in [0.5, 0.6) is 11.5 Å². The number of carbonyl (C=O) groups excluding carboxylic acids is 13. The number of ketones is 6. The Hall–Kier alpha value is -10.2. The third kappa shape index (κ3) is 82.3. The zero-order chi connectivity index (χ0) is 110. The summed E-state index contributed by atoms with van der Waals surface area (Å²) in [6, 6.07) is 9.23. The zero-order valence-electron chi connectivity index (χ0n) is 89.9. The quantitative estimate of drug-likeness (QED) is 0.0274. The second-order valence-electron chi connectivity index (χ2n) is 38.8. The second-order valence-corrected chi connectivity index (χ2v) is 38.8. The number of carboxylic acids is 4. The van der Waals surface area contributed by atoms with Crippen LogP contribution in [0.4, 0.5) is 0 Å². The van der Waals surface area contributed by atoms with Crippen LogP contribution >= 0.6 is 0 Å². The molecule has 0 radical (unpaired) electrons. The number of nitrogens with one attached hydrogen (secondary N) is 7. The number of benzene rings is 2. The van der Waals surface area contributed by atoms with Gasteiger partial charge < -0.3 is 121 Å². The van der Waals surface area contributed by atoms with Gasteiger partial charge in [0.1, 0.15) is 73.1 Å². The Labute approximate surface area is 884 Å². The first-order chi connectivity index (χ1) is 71.5. The van der Waals surface area contributed by atoms with E-state index in [1.54, 1.807) is 24.3 Å². The number of hydrogen-bond donors (Lipinski definition) is 13. The van der Waals surface area contributed by atoms with Crippen molar-refractivity contribution in [2.45, 2.75) is 348 Å². The van der Waals surface area contributed by atoms with Crippen LogP contribution in [0.25, 0.3) is 0 Å². The van der Waals surface area contributed by atoms with Crippen LogP contribution in [-0.2, 0) is 110 Å². The molecule has 0 spiro atoms. The predicted octanol–water partition coefficient (Wildman–Crippen LogP) is 12.4. The van der Waals surface area contributed by atoms with Crippen molar-refractivity contribution in [2.24, 2.45) is 28.7 Å². The van der Waals surface area contributed by atoms with Gasteiger partial charge in [0.15, 0.2) is 11.6 Å². The van der Waals surface area contributed by atoms with Crippen molar-refractivity contribution in [3.63, 3.8) is 0 Å². The van der Waals surface area contributed by atoms with Crippen LogP contribution in [0.1, 0.15) is 348 Å². The zero-order valence-corrected chi connectivity index (χ0v) is 89.9. The number of Topliss-reactive ketones (excluding diaryl/α,β-unsaturated/α-hetero) is 6. The van der Waals surface area contributed by atoms with E-state index in [4.69, 9.17) is 69.0 Å². The molecule has 0 bridgehead atoms. The number of rotatable bonds is 100. The summed E-state index contributed by atoms with van der Waals surface area (Å²) in [4.78, 5) is 203. The number of amides is 7. The standard InChI is InChI=1S/C55H93N5O15.C54H88N4O16.2H2/c1-42(39-48(62)55(2,3)4)19-16-17-29-59-52(66)46(56)21-14-12-13-20-44(61)40-73-37-35-72-34-31-58-51(65)41-74-38-36-71-33-30-57-49(63)28-27-47(54(69)70)60-50(64)22-15-10-8-6-5-7-9-11-18-32-75-45-25-23-43(24-26-45)53(67)68;1-41(59)38-44(42(2)60)18-14-15-29-57-52(65)48(55)21-12-10-11-19-46(62)39-72-36-35-71-33-30-56-51(64)40-73-37-34-70-31-17-20-45(61)25-28-49(54(68)69)58-50(63)22-13-8-6-4-3-5-7-9-16-32-74-47-26-23-43(24-27-47)53(66)67;;/h23-26,42,46-47H,5-22,27-41,56H2,1-4H3,(H,57,63)(H,58,65)(H,59,66)(H,60,64)(H,67,68)(H,69,70);23-24,26-27,44,48-49H,3-22,25,28-40,55H2,1-2H3,(H,56,64)(H,57,65)(H,58,63)(H,66,67)(H,68,69);2*1H/t42-,46+,47+;44-,48+,49+;;/m11../s1. The lowest BCUT2D eigenvalue weighted by Crippen LogP contribution is -2.41. The summed E-state index contributed by atoms with van der Waals surface area (Å²) < 4.78 is 54.5. The highest BCUT2D eigenvalue weighted by Gasteiger charge is 2.26. The summed E-state index contributed by atoms with van der Waals surface area (Å²) in [5, 5.41) is 55.8. The summed E-state index contributed by atoms with van der Waals surface area (Å²) >= 11 is 0. The molecule has 0 aliphatic rings. The molecule has 0 aliphatic heterocycles. The van der Waals surface area contributed by atoms with Gasteiger partial charge in [-0.05, 0) is 158 Å². The Bertz CT molecular complexity index is 4080. The molecule has 7 amide bonds. The van der Waals surface area contributed by atoms with Gasteiger partial charge in [0, 0.05) is 111 Å². The number of unbranched alkanes of at least 4 members (excludes halogenated alkanes) is 22. The molecule has 2 aromatic carbocycles. The first-order valence-electron chi connectivity index (χ1n) is 54.0. The van der Waals surface area contributed by atoms with E-state index in [1.807, 2.05) is 20.8 Å². The third-order valence-electron chi connectivity index (χ3n) is 24.2. The highest BCUT2D eigenvalue weighted by molar-refractivity contribution is 5.90. The Kier molecular flexibility index (Phi) is 83.1. The number of carboxylic acid groups (broad SMARTS) is 4. The maximum absolute atomic E-state index is 12.4. The molecule has 40 nitrogen and oxygen atoms in total. The molecule has 0 fully saturated rings. The smallest absolute Gasteiger partial charge is 0.335 e. The number of aromatic carboxylic acids is 2. The van der Waals surface area contributed by atoms with Gasteiger partial charge in [0.2, 0.25) is 41.4 Å². The van der Waals surface area contributed by atoms with Gasteiger partial charge in [-0.2, -0.15) is 0 Å². The largest absolute Gasteiger partial charge is 0.494 e. The monoisotopic (exact) mass is 2120 g/mol. The number of carbonyl (C=O) groups is 17. The van der Waals surface area contributed by atoms with E-state index in [1.165, 1.54) is 38.1 Å². The van der Waals surface area contributed by atoms with E-state index in [-0.39, 0.29) is 271 Å². The van der Waals surface area contributed by atoms with E-state index >= 15 is 0 Å². The Balaban J connectivity index is 0. The average Bonchev–Trinajstić information content (AvgIpc) is 0.856. The molecule has 0 aliphatic carbocycles. The molecule has 149 heavy (non-hydrogen) atoms. The molecular formula is C109H185N9O31. The summed E-state index contributed by atoms with van der Waals surface area (Å²) in [6.07, 6.45) is 30.5. The van der Waals surface area contributed by atoms with Crippen LogP contribution in [0, 0.1) is 17.3 Å². The van der Waals surface area contributed by atoms with Crippen molar-refractivity contribution in [1.82, 2.24) is 37.2 Å². The maximum atomic E-state index is 12.4. The van der Waals surface area contributed by atoms with Crippen molar-refractivity contribution in [3.05, 3.63) is 59.7 Å². The second kappa shape index (κ2) is 90.5. The molecule has 6 atom stereocenters. The van der Waals surface area contributed by atoms with Crippen LogP contribution in [0.2, 0.25) is 0 Å². The normalized spacial score (nSPS) is 12.4. The molecule has 0 heterocycles. The molecule has 0 unspecified atom stereocenters. The molecule has 852 valence electrons. The number of aliphatic carboxylic acids is 2. The minimum Gasteiger partial charge on any atom is -0.494 e.